The van der Waals surface area contributed by atoms with Crippen LogP contribution in [0.15, 0.2) is 0 Å². The third-order valence-electron chi connectivity index (χ3n) is 3.64. The van der Waals surface area contributed by atoms with Crippen molar-refractivity contribution in [1.29, 1.82) is 0 Å². The predicted octanol–water partition coefficient (Wildman–Crippen LogP) is 0.442. The molecule has 4 nitrogen and oxygen atoms in total. The Bertz CT molecular complexity index is 220. The zero-order valence-corrected chi connectivity index (χ0v) is 10.8. The zero-order chi connectivity index (χ0) is 12.0. The summed E-state index contributed by atoms with van der Waals surface area (Å²) in [4.78, 5) is 13.6. The molecule has 0 bridgehead atoms. The van der Waals surface area contributed by atoms with E-state index in [1.54, 1.807) is 7.05 Å². The molecule has 1 heterocycles. The van der Waals surface area contributed by atoms with Gasteiger partial charge in [0.15, 0.2) is 0 Å². The van der Waals surface area contributed by atoms with Crippen molar-refractivity contribution in [2.24, 2.45) is 5.92 Å². The second kappa shape index (κ2) is 6.86. The highest BCUT2D eigenvalue weighted by atomic mass is 16.1. The second-order valence-corrected chi connectivity index (χ2v) is 4.70. The molecule has 0 aromatic carbocycles. The molecule has 0 radical (unpaired) electrons. The Hall–Kier alpha value is -0.610. The van der Waals surface area contributed by atoms with Gasteiger partial charge in [0.2, 0.25) is 5.91 Å². The number of likely N-dealkylation sites (tertiary alicyclic amines) is 1. The first-order valence-electron chi connectivity index (χ1n) is 6.27. The van der Waals surface area contributed by atoms with E-state index in [0.29, 0.717) is 12.5 Å². The van der Waals surface area contributed by atoms with Gasteiger partial charge in [0, 0.05) is 32.6 Å². The molecule has 1 rings (SSSR count). The lowest BCUT2D eigenvalue weighted by atomic mass is 9.91. The van der Waals surface area contributed by atoms with Crippen LogP contribution in [0.25, 0.3) is 0 Å². The van der Waals surface area contributed by atoms with Gasteiger partial charge in [0.05, 0.1) is 0 Å². The molecule has 1 fully saturated rings. The van der Waals surface area contributed by atoms with E-state index in [9.17, 15) is 4.79 Å². The monoisotopic (exact) mass is 227 g/mol. The average molecular weight is 227 g/mol. The summed E-state index contributed by atoms with van der Waals surface area (Å²) in [6, 6.07) is 0.572. The third kappa shape index (κ3) is 4.10. The number of piperidine rings is 1. The number of hydrogen-bond donors (Lipinski definition) is 2. The molecule has 0 aliphatic carbocycles. The molecular weight excluding hydrogens is 202 g/mol. The van der Waals surface area contributed by atoms with E-state index in [0.717, 1.165) is 25.6 Å². The minimum atomic E-state index is 0.142. The molecule has 4 heteroatoms. The quantitative estimate of drug-likeness (QED) is 0.716. The lowest BCUT2D eigenvalue weighted by Crippen LogP contribution is -2.44. The predicted molar refractivity (Wildman–Crippen MR) is 66.4 cm³/mol. The number of carbonyl (C=O) groups excluding carboxylic acids is 1. The molecule has 2 atom stereocenters. The summed E-state index contributed by atoms with van der Waals surface area (Å²) < 4.78 is 0. The fourth-order valence-electron chi connectivity index (χ4n) is 2.32. The highest BCUT2D eigenvalue weighted by molar-refractivity contribution is 5.75. The smallest absolute Gasteiger partial charge is 0.221 e. The van der Waals surface area contributed by atoms with Gasteiger partial charge in [0.25, 0.3) is 0 Å². The van der Waals surface area contributed by atoms with Crippen molar-refractivity contribution in [2.45, 2.75) is 32.2 Å². The normalized spacial score (nSPS) is 24.1. The summed E-state index contributed by atoms with van der Waals surface area (Å²) >= 11 is 0. The number of rotatable bonds is 5. The number of nitrogens with zero attached hydrogens (tertiary/aromatic N) is 1. The van der Waals surface area contributed by atoms with Crippen LogP contribution in [0.5, 0.6) is 0 Å². The molecule has 2 N–H and O–H groups in total. The van der Waals surface area contributed by atoms with Crippen molar-refractivity contribution in [2.75, 3.05) is 33.7 Å². The molecule has 0 spiro atoms. The topological polar surface area (TPSA) is 44.4 Å². The van der Waals surface area contributed by atoms with Gasteiger partial charge in [0.1, 0.15) is 0 Å². The van der Waals surface area contributed by atoms with Crippen LogP contribution in [-0.2, 0) is 4.79 Å². The Balaban J connectivity index is 2.30. The Morgan fingerprint density at radius 1 is 1.50 bits per heavy atom. The van der Waals surface area contributed by atoms with Gasteiger partial charge in [-0.05, 0) is 39.3 Å². The summed E-state index contributed by atoms with van der Waals surface area (Å²) in [5, 5.41) is 6.00. The summed E-state index contributed by atoms with van der Waals surface area (Å²) in [6.07, 6.45) is 3.18. The Morgan fingerprint density at radius 3 is 2.88 bits per heavy atom. The minimum absolute atomic E-state index is 0.142. The fraction of sp³-hybridized carbons (Fsp3) is 0.917. The molecule has 0 saturated carbocycles. The molecule has 16 heavy (non-hydrogen) atoms. The number of hydrogen-bond acceptors (Lipinski definition) is 3. The molecule has 0 aromatic heterocycles. The van der Waals surface area contributed by atoms with Crippen molar-refractivity contribution in [3.63, 3.8) is 0 Å². The molecule has 2 unspecified atom stereocenters. The van der Waals surface area contributed by atoms with Crippen LogP contribution in [-0.4, -0.2) is 50.6 Å². The van der Waals surface area contributed by atoms with Crippen molar-refractivity contribution >= 4 is 5.91 Å². The molecule has 1 amide bonds. The maximum Gasteiger partial charge on any atom is 0.221 e. The van der Waals surface area contributed by atoms with Gasteiger partial charge in [-0.15, -0.1) is 0 Å². The van der Waals surface area contributed by atoms with Crippen molar-refractivity contribution in [1.82, 2.24) is 15.5 Å². The van der Waals surface area contributed by atoms with E-state index in [1.807, 2.05) is 7.05 Å². The van der Waals surface area contributed by atoms with Crippen LogP contribution in [0.2, 0.25) is 0 Å². The van der Waals surface area contributed by atoms with Gasteiger partial charge in [-0.3, -0.25) is 4.79 Å². The summed E-state index contributed by atoms with van der Waals surface area (Å²) in [5.41, 5.74) is 0. The van der Waals surface area contributed by atoms with Crippen LogP contribution < -0.4 is 10.6 Å². The molecule has 1 aliphatic rings. The van der Waals surface area contributed by atoms with Crippen LogP contribution in [0.3, 0.4) is 0 Å². The van der Waals surface area contributed by atoms with E-state index < -0.39 is 0 Å². The number of carbonyl (C=O) groups is 1. The molecule has 1 saturated heterocycles. The highest BCUT2D eigenvalue weighted by Crippen LogP contribution is 2.19. The minimum Gasteiger partial charge on any atom is -0.359 e. The SMILES string of the molecule is CNC(=O)CCN1CCCC(C(C)NC)C1. The van der Waals surface area contributed by atoms with Crippen molar-refractivity contribution in [3.8, 4) is 0 Å². The Morgan fingerprint density at radius 2 is 2.25 bits per heavy atom. The lowest BCUT2D eigenvalue weighted by molar-refractivity contribution is -0.121. The maximum absolute atomic E-state index is 11.2. The van der Waals surface area contributed by atoms with Gasteiger partial charge < -0.3 is 15.5 Å². The maximum atomic E-state index is 11.2. The fourth-order valence-corrected chi connectivity index (χ4v) is 2.32. The van der Waals surface area contributed by atoms with E-state index in [-0.39, 0.29) is 5.91 Å². The third-order valence-corrected chi connectivity index (χ3v) is 3.64. The van der Waals surface area contributed by atoms with Gasteiger partial charge in [-0.2, -0.15) is 0 Å². The first-order valence-corrected chi connectivity index (χ1v) is 6.27. The Labute approximate surface area is 98.8 Å². The summed E-state index contributed by atoms with van der Waals surface area (Å²) in [6.45, 7) is 5.41. The Kier molecular flexibility index (Phi) is 5.77. The van der Waals surface area contributed by atoms with E-state index in [2.05, 4.69) is 22.5 Å². The molecule has 1 aliphatic heterocycles. The van der Waals surface area contributed by atoms with Crippen molar-refractivity contribution in [3.05, 3.63) is 0 Å². The summed E-state index contributed by atoms with van der Waals surface area (Å²) in [5.74, 6) is 0.868. The number of amides is 1. The zero-order valence-electron chi connectivity index (χ0n) is 10.8. The van der Waals surface area contributed by atoms with Gasteiger partial charge >= 0.3 is 0 Å². The van der Waals surface area contributed by atoms with E-state index in [4.69, 9.17) is 0 Å². The first kappa shape index (κ1) is 13.5. The average Bonchev–Trinajstić information content (AvgIpc) is 2.35. The van der Waals surface area contributed by atoms with Crippen LogP contribution in [0.4, 0.5) is 0 Å². The lowest BCUT2D eigenvalue weighted by Gasteiger charge is -2.35. The number of nitrogens with one attached hydrogen (secondary N) is 2. The standard InChI is InChI=1S/C12H25N3O/c1-10(13-2)11-5-4-7-15(9-11)8-6-12(16)14-3/h10-11,13H,4-9H2,1-3H3,(H,14,16). The van der Waals surface area contributed by atoms with Crippen LogP contribution in [0.1, 0.15) is 26.2 Å². The van der Waals surface area contributed by atoms with Crippen LogP contribution in [0, 0.1) is 5.92 Å². The summed E-state index contributed by atoms with van der Waals surface area (Å²) in [7, 11) is 3.72. The first-order chi connectivity index (χ1) is 7.67. The van der Waals surface area contributed by atoms with Crippen LogP contribution >= 0.6 is 0 Å². The largest absolute Gasteiger partial charge is 0.359 e. The van der Waals surface area contributed by atoms with Gasteiger partial charge in [-0.1, -0.05) is 0 Å². The van der Waals surface area contributed by atoms with Gasteiger partial charge in [-0.25, -0.2) is 0 Å². The molecular formula is C12H25N3O. The van der Waals surface area contributed by atoms with Crippen molar-refractivity contribution < 1.29 is 4.79 Å². The highest BCUT2D eigenvalue weighted by Gasteiger charge is 2.23. The molecule has 94 valence electrons. The second-order valence-electron chi connectivity index (χ2n) is 4.70. The van der Waals surface area contributed by atoms with E-state index >= 15 is 0 Å². The van der Waals surface area contributed by atoms with E-state index in [1.165, 1.54) is 12.8 Å². The molecule has 0 aromatic rings.